The normalized spacial score (nSPS) is 24.2. The number of aliphatic carboxylic acids is 1. The lowest BCUT2D eigenvalue weighted by molar-refractivity contribution is -0.138. The number of hydrogen-bond acceptors (Lipinski definition) is 5. The smallest absolute Gasteiger partial charge is 0.310 e. The van der Waals surface area contributed by atoms with Crippen LogP contribution in [-0.4, -0.2) is 42.8 Å². The molecular formula is C26H25NO6S. The Morgan fingerprint density at radius 1 is 1.00 bits per heavy atom. The Labute approximate surface area is 198 Å². The van der Waals surface area contributed by atoms with Gasteiger partial charge in [0.25, 0.3) is 0 Å². The molecule has 34 heavy (non-hydrogen) atoms. The van der Waals surface area contributed by atoms with Gasteiger partial charge in [-0.3, -0.25) is 4.79 Å². The van der Waals surface area contributed by atoms with Crippen molar-refractivity contribution in [3.63, 3.8) is 0 Å². The van der Waals surface area contributed by atoms with Crippen LogP contribution in [-0.2, 0) is 14.8 Å². The molecular weight excluding hydrogens is 454 g/mol. The summed E-state index contributed by atoms with van der Waals surface area (Å²) in [5.74, 6) is -1.66. The maximum absolute atomic E-state index is 13.2. The van der Waals surface area contributed by atoms with E-state index in [9.17, 15) is 23.4 Å². The predicted octanol–water partition coefficient (Wildman–Crippen LogP) is 3.50. The topological polar surface area (TPSA) is 113 Å². The molecule has 1 heterocycles. The van der Waals surface area contributed by atoms with Gasteiger partial charge in [0.15, 0.2) is 0 Å². The fraction of sp³-hybridized carbons (Fsp3) is 0.269. The number of benzene rings is 3. The van der Waals surface area contributed by atoms with Gasteiger partial charge in [0.2, 0.25) is 10.0 Å². The van der Waals surface area contributed by atoms with Crippen molar-refractivity contribution in [2.45, 2.75) is 48.3 Å². The minimum atomic E-state index is -3.92. The molecule has 8 heteroatoms. The van der Waals surface area contributed by atoms with Crippen molar-refractivity contribution in [3.8, 4) is 16.9 Å². The molecule has 5 unspecified atom stereocenters. The van der Waals surface area contributed by atoms with E-state index in [2.05, 4.69) is 4.72 Å². The first-order chi connectivity index (χ1) is 16.3. The molecule has 0 radical (unpaired) electrons. The predicted molar refractivity (Wildman–Crippen MR) is 126 cm³/mol. The number of nitrogens with one attached hydrogen (secondary N) is 1. The van der Waals surface area contributed by atoms with Gasteiger partial charge in [0.1, 0.15) is 11.9 Å². The Balaban J connectivity index is 1.42. The zero-order chi connectivity index (χ0) is 24.0. The number of aliphatic hydroxyl groups excluding tert-OH is 1. The molecule has 0 spiro atoms. The van der Waals surface area contributed by atoms with E-state index in [1.807, 2.05) is 36.4 Å². The monoisotopic (exact) mass is 479 g/mol. The summed E-state index contributed by atoms with van der Waals surface area (Å²) in [6, 6.07) is 20.8. The average Bonchev–Trinajstić information content (AvgIpc) is 3.34. The van der Waals surface area contributed by atoms with E-state index in [1.54, 1.807) is 43.3 Å². The lowest BCUT2D eigenvalue weighted by atomic mass is 9.90. The first-order valence-electron chi connectivity index (χ1n) is 11.1. The molecule has 3 aromatic carbocycles. The Hall–Kier alpha value is -3.20. The van der Waals surface area contributed by atoms with Gasteiger partial charge >= 0.3 is 5.97 Å². The second kappa shape index (κ2) is 8.54. The average molecular weight is 480 g/mol. The molecule has 0 amide bonds. The molecule has 176 valence electrons. The number of aliphatic hydroxyl groups is 1. The number of carboxylic acids is 1. The van der Waals surface area contributed by atoms with E-state index in [-0.39, 0.29) is 11.3 Å². The van der Waals surface area contributed by atoms with Gasteiger partial charge in [-0.15, -0.1) is 0 Å². The molecule has 7 nitrogen and oxygen atoms in total. The molecule has 5 rings (SSSR count). The Morgan fingerprint density at radius 2 is 1.68 bits per heavy atom. The number of hydrogen-bond donors (Lipinski definition) is 3. The quantitative estimate of drug-likeness (QED) is 0.499. The minimum Gasteiger partial charge on any atom is -0.489 e. The number of carbonyl (C=O) groups is 1. The Morgan fingerprint density at radius 3 is 2.35 bits per heavy atom. The maximum atomic E-state index is 13.2. The van der Waals surface area contributed by atoms with E-state index in [1.165, 1.54) is 0 Å². The highest BCUT2D eigenvalue weighted by atomic mass is 32.2. The highest BCUT2D eigenvalue weighted by molar-refractivity contribution is 7.89. The molecule has 5 atom stereocenters. The maximum Gasteiger partial charge on any atom is 0.310 e. The second-order valence-electron chi connectivity index (χ2n) is 8.85. The Bertz CT molecular complexity index is 1320. The van der Waals surface area contributed by atoms with E-state index in [0.717, 1.165) is 16.7 Å². The van der Waals surface area contributed by atoms with E-state index >= 15 is 0 Å². The van der Waals surface area contributed by atoms with Crippen molar-refractivity contribution in [1.82, 2.24) is 4.72 Å². The number of sulfonamides is 1. The van der Waals surface area contributed by atoms with Crippen LogP contribution in [0.4, 0.5) is 0 Å². The summed E-state index contributed by atoms with van der Waals surface area (Å²) >= 11 is 0. The first-order valence-corrected chi connectivity index (χ1v) is 12.6. The number of para-hydroxylation sites is 1. The molecule has 2 aliphatic rings. The van der Waals surface area contributed by atoms with Gasteiger partial charge in [-0.1, -0.05) is 60.7 Å². The van der Waals surface area contributed by atoms with Crippen molar-refractivity contribution >= 4 is 16.0 Å². The van der Waals surface area contributed by atoms with Crippen molar-refractivity contribution in [2.75, 3.05) is 0 Å². The van der Waals surface area contributed by atoms with Gasteiger partial charge in [0, 0.05) is 23.5 Å². The number of ether oxygens (including phenoxy) is 1. The van der Waals surface area contributed by atoms with Crippen molar-refractivity contribution in [1.29, 1.82) is 0 Å². The lowest BCUT2D eigenvalue weighted by Gasteiger charge is -2.22. The van der Waals surface area contributed by atoms with Crippen LogP contribution in [0.1, 0.15) is 36.3 Å². The highest BCUT2D eigenvalue weighted by Crippen LogP contribution is 2.50. The second-order valence-corrected chi connectivity index (χ2v) is 10.6. The fourth-order valence-electron chi connectivity index (χ4n) is 4.97. The van der Waals surface area contributed by atoms with Gasteiger partial charge < -0.3 is 14.9 Å². The SMILES string of the molecule is CC(C(=O)O)c1cccc2c1OC1CC(O)C(NS(=O)(=O)c3ccc(-c4ccccc4)cc3)C21. The summed E-state index contributed by atoms with van der Waals surface area (Å²) < 4.78 is 35.2. The lowest BCUT2D eigenvalue weighted by Crippen LogP contribution is -2.43. The fourth-order valence-corrected chi connectivity index (χ4v) is 6.26. The van der Waals surface area contributed by atoms with Gasteiger partial charge in [0.05, 0.1) is 23.0 Å². The highest BCUT2D eigenvalue weighted by Gasteiger charge is 2.51. The summed E-state index contributed by atoms with van der Waals surface area (Å²) in [6.45, 7) is 1.59. The molecule has 1 fully saturated rings. The molecule has 0 aromatic heterocycles. The molecule has 0 bridgehead atoms. The molecule has 1 saturated carbocycles. The van der Waals surface area contributed by atoms with Crippen LogP contribution < -0.4 is 9.46 Å². The van der Waals surface area contributed by atoms with Crippen LogP contribution >= 0.6 is 0 Å². The Kier molecular flexibility index (Phi) is 5.67. The van der Waals surface area contributed by atoms with Gasteiger partial charge in [-0.25, -0.2) is 13.1 Å². The van der Waals surface area contributed by atoms with Crippen LogP contribution in [0.25, 0.3) is 11.1 Å². The minimum absolute atomic E-state index is 0.107. The number of fused-ring (bicyclic) bond motifs is 3. The van der Waals surface area contributed by atoms with Gasteiger partial charge in [-0.05, 0) is 30.2 Å². The summed E-state index contributed by atoms with van der Waals surface area (Å²) in [7, 11) is -3.92. The summed E-state index contributed by atoms with van der Waals surface area (Å²) in [5, 5.41) is 20.1. The van der Waals surface area contributed by atoms with Crippen molar-refractivity contribution in [2.24, 2.45) is 0 Å². The van der Waals surface area contributed by atoms with Crippen LogP contribution in [0.2, 0.25) is 0 Å². The zero-order valence-electron chi connectivity index (χ0n) is 18.5. The molecule has 1 aliphatic carbocycles. The van der Waals surface area contributed by atoms with Gasteiger partial charge in [-0.2, -0.15) is 0 Å². The largest absolute Gasteiger partial charge is 0.489 e. The third-order valence-corrected chi connectivity index (χ3v) is 8.26. The van der Waals surface area contributed by atoms with E-state index in [0.29, 0.717) is 11.3 Å². The molecule has 3 aromatic rings. The third-order valence-electron chi connectivity index (χ3n) is 6.78. The first kappa shape index (κ1) is 22.6. The summed E-state index contributed by atoms with van der Waals surface area (Å²) in [4.78, 5) is 11.6. The van der Waals surface area contributed by atoms with Crippen LogP contribution in [0, 0.1) is 0 Å². The van der Waals surface area contributed by atoms with Crippen LogP contribution in [0.3, 0.4) is 0 Å². The van der Waals surface area contributed by atoms with E-state index < -0.39 is 46.1 Å². The standard InChI is InChI=1S/C26H25NO6S/c1-15(26(29)30)19-8-5-9-20-23-22(33-25(19)20)14-21(28)24(23)27-34(31,32)18-12-10-17(11-13-18)16-6-3-2-4-7-16/h2-13,15,21-24,27-28H,14H2,1H3,(H,29,30). The van der Waals surface area contributed by atoms with Crippen molar-refractivity contribution in [3.05, 3.63) is 83.9 Å². The summed E-state index contributed by atoms with van der Waals surface area (Å²) in [5.41, 5.74) is 3.16. The molecule has 1 aliphatic heterocycles. The van der Waals surface area contributed by atoms with Crippen molar-refractivity contribution < 1.29 is 28.2 Å². The number of rotatable bonds is 6. The third kappa shape index (κ3) is 3.87. The molecule has 0 saturated heterocycles. The number of carboxylic acid groups (broad SMARTS) is 1. The summed E-state index contributed by atoms with van der Waals surface area (Å²) in [6.07, 6.45) is -1.11. The zero-order valence-corrected chi connectivity index (χ0v) is 19.3. The molecule has 3 N–H and O–H groups in total. The van der Waals surface area contributed by atoms with E-state index in [4.69, 9.17) is 4.74 Å². The van der Waals surface area contributed by atoms with Crippen LogP contribution in [0.5, 0.6) is 5.75 Å². The van der Waals surface area contributed by atoms with Crippen LogP contribution in [0.15, 0.2) is 77.7 Å².